The number of nitrogens with one attached hydrogen (secondary N) is 1. The molecule has 1 unspecified atom stereocenters. The SMILES string of the molecule is COc1cc(OC)cc(C(O)CNC(=O)[C@@H](N)C(C)C)c1. The van der Waals surface area contributed by atoms with Crippen molar-refractivity contribution in [2.75, 3.05) is 20.8 Å². The van der Waals surface area contributed by atoms with Crippen molar-refractivity contribution in [2.45, 2.75) is 26.0 Å². The molecule has 0 aliphatic rings. The molecule has 2 atom stereocenters. The van der Waals surface area contributed by atoms with Gasteiger partial charge >= 0.3 is 0 Å². The molecule has 1 aromatic rings. The third-order valence-corrected chi connectivity index (χ3v) is 3.25. The first kappa shape index (κ1) is 17.3. The van der Waals surface area contributed by atoms with Crippen molar-refractivity contribution in [3.8, 4) is 11.5 Å². The molecule has 0 spiro atoms. The van der Waals surface area contributed by atoms with Gasteiger partial charge in [-0.15, -0.1) is 0 Å². The van der Waals surface area contributed by atoms with Crippen molar-refractivity contribution in [3.05, 3.63) is 23.8 Å². The second-order valence-corrected chi connectivity index (χ2v) is 5.18. The molecule has 6 heteroatoms. The van der Waals surface area contributed by atoms with Gasteiger partial charge in [0.25, 0.3) is 0 Å². The Labute approximate surface area is 125 Å². The minimum absolute atomic E-state index is 0.0408. The van der Waals surface area contributed by atoms with Gasteiger partial charge in [0.15, 0.2) is 0 Å². The molecule has 0 saturated carbocycles. The second-order valence-electron chi connectivity index (χ2n) is 5.18. The predicted molar refractivity (Wildman–Crippen MR) is 80.3 cm³/mol. The Morgan fingerprint density at radius 1 is 1.24 bits per heavy atom. The number of benzene rings is 1. The molecule has 1 aromatic carbocycles. The van der Waals surface area contributed by atoms with Crippen LogP contribution < -0.4 is 20.5 Å². The summed E-state index contributed by atoms with van der Waals surface area (Å²) < 4.78 is 10.3. The molecule has 4 N–H and O–H groups in total. The van der Waals surface area contributed by atoms with E-state index in [-0.39, 0.29) is 18.4 Å². The van der Waals surface area contributed by atoms with Crippen molar-refractivity contribution in [2.24, 2.45) is 11.7 Å². The molecule has 0 aliphatic heterocycles. The number of aliphatic hydroxyl groups excluding tert-OH is 1. The monoisotopic (exact) mass is 296 g/mol. The highest BCUT2D eigenvalue weighted by Gasteiger charge is 2.18. The van der Waals surface area contributed by atoms with Crippen LogP contribution in [0.15, 0.2) is 18.2 Å². The number of carbonyl (C=O) groups excluding carboxylic acids is 1. The van der Waals surface area contributed by atoms with Gasteiger partial charge in [0.05, 0.1) is 26.4 Å². The van der Waals surface area contributed by atoms with E-state index >= 15 is 0 Å². The molecular formula is C15H24N2O4. The minimum Gasteiger partial charge on any atom is -0.497 e. The number of rotatable bonds is 7. The average molecular weight is 296 g/mol. The molecule has 0 radical (unpaired) electrons. The van der Waals surface area contributed by atoms with Crippen LogP contribution in [0.25, 0.3) is 0 Å². The number of ether oxygens (including phenoxy) is 2. The fourth-order valence-corrected chi connectivity index (χ4v) is 1.76. The smallest absolute Gasteiger partial charge is 0.237 e. The third-order valence-electron chi connectivity index (χ3n) is 3.25. The van der Waals surface area contributed by atoms with Crippen LogP contribution in [0.5, 0.6) is 11.5 Å². The van der Waals surface area contributed by atoms with E-state index < -0.39 is 12.1 Å². The van der Waals surface area contributed by atoms with Crippen LogP contribution in [0.4, 0.5) is 0 Å². The normalized spacial score (nSPS) is 13.7. The lowest BCUT2D eigenvalue weighted by Crippen LogP contribution is -2.45. The lowest BCUT2D eigenvalue weighted by atomic mass is 10.0. The van der Waals surface area contributed by atoms with Gasteiger partial charge in [-0.25, -0.2) is 0 Å². The van der Waals surface area contributed by atoms with E-state index in [0.717, 1.165) is 0 Å². The highest BCUT2D eigenvalue weighted by molar-refractivity contribution is 5.81. The summed E-state index contributed by atoms with van der Waals surface area (Å²) in [6.07, 6.45) is -0.864. The maximum atomic E-state index is 11.8. The standard InChI is InChI=1S/C15H24N2O4/c1-9(2)14(16)15(19)17-8-13(18)10-5-11(20-3)7-12(6-10)21-4/h5-7,9,13-14,18H,8,16H2,1-4H3,(H,17,19)/t13?,14-/m0/s1. The Morgan fingerprint density at radius 3 is 2.19 bits per heavy atom. The molecule has 0 saturated heterocycles. The quantitative estimate of drug-likeness (QED) is 0.693. The molecule has 6 nitrogen and oxygen atoms in total. The Kier molecular flexibility index (Phi) is 6.45. The molecule has 0 bridgehead atoms. The summed E-state index contributed by atoms with van der Waals surface area (Å²) in [7, 11) is 3.07. The summed E-state index contributed by atoms with van der Waals surface area (Å²) in [5.41, 5.74) is 6.34. The summed E-state index contributed by atoms with van der Waals surface area (Å²) in [6, 6.07) is 4.52. The molecule has 1 rings (SSSR count). The lowest BCUT2D eigenvalue weighted by Gasteiger charge is -2.18. The molecule has 0 fully saturated rings. The first-order chi connectivity index (χ1) is 9.88. The molecule has 21 heavy (non-hydrogen) atoms. The molecule has 118 valence electrons. The summed E-state index contributed by atoms with van der Waals surface area (Å²) >= 11 is 0. The van der Waals surface area contributed by atoms with E-state index in [9.17, 15) is 9.90 Å². The minimum atomic E-state index is -0.864. The van der Waals surface area contributed by atoms with E-state index in [4.69, 9.17) is 15.2 Å². The zero-order chi connectivity index (χ0) is 16.0. The first-order valence-corrected chi connectivity index (χ1v) is 6.83. The highest BCUT2D eigenvalue weighted by atomic mass is 16.5. The third kappa shape index (κ3) is 4.91. The van der Waals surface area contributed by atoms with Crippen LogP contribution in [0.2, 0.25) is 0 Å². The molecular weight excluding hydrogens is 272 g/mol. The van der Waals surface area contributed by atoms with Gasteiger partial charge in [-0.05, 0) is 23.6 Å². The van der Waals surface area contributed by atoms with E-state index in [1.807, 2.05) is 13.8 Å². The van der Waals surface area contributed by atoms with Crippen LogP contribution in [0.1, 0.15) is 25.5 Å². The summed E-state index contributed by atoms with van der Waals surface area (Å²) in [5.74, 6) is 0.917. The summed E-state index contributed by atoms with van der Waals surface area (Å²) in [4.78, 5) is 11.8. The van der Waals surface area contributed by atoms with E-state index in [1.54, 1.807) is 18.2 Å². The number of aliphatic hydroxyl groups is 1. The van der Waals surface area contributed by atoms with Crippen molar-refractivity contribution in [1.82, 2.24) is 5.32 Å². The highest BCUT2D eigenvalue weighted by Crippen LogP contribution is 2.26. The Bertz CT molecular complexity index is 454. The Hall–Kier alpha value is -1.79. The first-order valence-electron chi connectivity index (χ1n) is 6.83. The van der Waals surface area contributed by atoms with Gasteiger partial charge in [0.2, 0.25) is 5.91 Å². The zero-order valence-electron chi connectivity index (χ0n) is 12.9. The number of amides is 1. The zero-order valence-corrected chi connectivity index (χ0v) is 12.9. The Morgan fingerprint density at radius 2 is 1.76 bits per heavy atom. The number of carbonyl (C=O) groups is 1. The van der Waals surface area contributed by atoms with Gasteiger partial charge in [-0.2, -0.15) is 0 Å². The van der Waals surface area contributed by atoms with Crippen molar-refractivity contribution in [1.29, 1.82) is 0 Å². The van der Waals surface area contributed by atoms with Crippen LogP contribution in [0.3, 0.4) is 0 Å². The second kappa shape index (κ2) is 7.85. The number of hydrogen-bond donors (Lipinski definition) is 3. The molecule has 1 amide bonds. The fourth-order valence-electron chi connectivity index (χ4n) is 1.76. The molecule has 0 heterocycles. The van der Waals surface area contributed by atoms with Gasteiger partial charge in [0.1, 0.15) is 11.5 Å². The predicted octanol–water partition coefficient (Wildman–Crippen LogP) is 0.837. The molecule has 0 aliphatic carbocycles. The van der Waals surface area contributed by atoms with Crippen LogP contribution in [-0.2, 0) is 4.79 Å². The Balaban J connectivity index is 2.71. The van der Waals surface area contributed by atoms with Gasteiger partial charge in [-0.1, -0.05) is 13.8 Å². The van der Waals surface area contributed by atoms with Crippen molar-refractivity contribution in [3.63, 3.8) is 0 Å². The van der Waals surface area contributed by atoms with E-state index in [1.165, 1.54) is 14.2 Å². The van der Waals surface area contributed by atoms with Gasteiger partial charge in [0, 0.05) is 12.6 Å². The topological polar surface area (TPSA) is 93.8 Å². The number of hydrogen-bond acceptors (Lipinski definition) is 5. The number of nitrogens with two attached hydrogens (primary N) is 1. The van der Waals surface area contributed by atoms with Crippen LogP contribution >= 0.6 is 0 Å². The van der Waals surface area contributed by atoms with Crippen LogP contribution in [0, 0.1) is 5.92 Å². The maximum absolute atomic E-state index is 11.8. The van der Waals surface area contributed by atoms with Gasteiger partial charge in [-0.3, -0.25) is 4.79 Å². The van der Waals surface area contributed by atoms with Crippen molar-refractivity contribution < 1.29 is 19.4 Å². The largest absolute Gasteiger partial charge is 0.497 e. The van der Waals surface area contributed by atoms with E-state index in [2.05, 4.69) is 5.32 Å². The summed E-state index contributed by atoms with van der Waals surface area (Å²) in [6.45, 7) is 3.82. The van der Waals surface area contributed by atoms with Gasteiger partial charge < -0.3 is 25.6 Å². The lowest BCUT2D eigenvalue weighted by molar-refractivity contribution is -0.123. The van der Waals surface area contributed by atoms with Crippen molar-refractivity contribution >= 4 is 5.91 Å². The maximum Gasteiger partial charge on any atom is 0.237 e. The van der Waals surface area contributed by atoms with Crippen LogP contribution in [-0.4, -0.2) is 37.8 Å². The average Bonchev–Trinajstić information content (AvgIpc) is 2.50. The summed E-state index contributed by atoms with van der Waals surface area (Å²) in [5, 5.41) is 12.8. The van der Waals surface area contributed by atoms with E-state index in [0.29, 0.717) is 17.1 Å². The fraction of sp³-hybridized carbons (Fsp3) is 0.533. The molecule has 0 aromatic heterocycles. The number of methoxy groups -OCH3 is 2.